The number of carbonyl (C=O) groups excluding carboxylic acids is 3. The minimum Gasteiger partial charge on any atom is -0.349 e. The molecule has 2 aromatic carbocycles. The first-order valence-electron chi connectivity index (χ1n) is 11.0. The van der Waals surface area contributed by atoms with Crippen LogP contribution < -0.4 is 0 Å². The van der Waals surface area contributed by atoms with E-state index in [4.69, 9.17) is 4.74 Å². The number of ether oxygens (including phenoxy) is 1. The van der Waals surface area contributed by atoms with E-state index in [9.17, 15) is 40.7 Å². The highest BCUT2D eigenvalue weighted by Gasteiger charge is 2.74. The van der Waals surface area contributed by atoms with Crippen LogP contribution in [0.3, 0.4) is 0 Å². The molecule has 38 heavy (non-hydrogen) atoms. The molecule has 0 fully saturated rings. The second kappa shape index (κ2) is 11.4. The van der Waals surface area contributed by atoms with Gasteiger partial charge in [-0.1, -0.05) is 36.4 Å². The molecule has 13 heteroatoms. The summed E-state index contributed by atoms with van der Waals surface area (Å²) in [7, 11) is 1.30. The lowest BCUT2D eigenvalue weighted by Crippen LogP contribution is -2.56. The van der Waals surface area contributed by atoms with Crippen molar-refractivity contribution in [1.29, 1.82) is 0 Å². The lowest BCUT2D eigenvalue weighted by molar-refractivity contribution is -0.393. The highest BCUT2D eigenvalue weighted by atomic mass is 127. The summed E-state index contributed by atoms with van der Waals surface area (Å²) in [5, 5.41) is 0. The first kappa shape index (κ1) is 29.6. The second-order valence-corrected chi connectivity index (χ2v) is 9.59. The van der Waals surface area contributed by atoms with E-state index in [0.29, 0.717) is 0 Å². The Morgan fingerprint density at radius 2 is 1.50 bits per heavy atom. The van der Waals surface area contributed by atoms with E-state index in [2.05, 4.69) is 0 Å². The molecule has 3 amide bonds. The average Bonchev–Trinajstić information content (AvgIpc) is 3.15. The summed E-state index contributed by atoms with van der Waals surface area (Å²) >= 11 is 1.39. The van der Waals surface area contributed by atoms with Crippen molar-refractivity contribution < 1.29 is 45.5 Å². The Bertz CT molecular complexity index is 1200. The Balaban J connectivity index is 1.88. The number of rotatable bonds is 9. The van der Waals surface area contributed by atoms with Gasteiger partial charge >= 0.3 is 12.4 Å². The smallest absolute Gasteiger partial charge is 0.349 e. The third kappa shape index (κ3) is 6.20. The van der Waals surface area contributed by atoms with Crippen molar-refractivity contribution in [3.8, 4) is 0 Å². The minimum absolute atomic E-state index is 0.00700. The molecule has 0 spiro atoms. The highest BCUT2D eigenvalue weighted by molar-refractivity contribution is 14.1. The van der Waals surface area contributed by atoms with Crippen molar-refractivity contribution in [2.45, 2.75) is 37.5 Å². The third-order valence-corrected chi connectivity index (χ3v) is 6.74. The standard InChI is InChI=1S/C25H21F6IN2O4/c1-33(20(35)11-12-34-21(36)9-10-22(34)37)14-17-7-8-19(32)18(13-17)23(24(26,27)28,25(29,30)31)38-15-16-5-3-2-4-6-16/h2-10,13H,11-12,14-15H2,1H3. The number of benzene rings is 2. The maximum atomic E-state index is 14.3. The first-order chi connectivity index (χ1) is 17.7. The monoisotopic (exact) mass is 654 g/mol. The van der Waals surface area contributed by atoms with Gasteiger partial charge in [0.1, 0.15) is 0 Å². The van der Waals surface area contributed by atoms with Crippen molar-refractivity contribution >= 4 is 40.3 Å². The van der Waals surface area contributed by atoms with Crippen molar-refractivity contribution in [3.05, 3.63) is 80.9 Å². The molecular weight excluding hydrogens is 633 g/mol. The molecule has 1 aliphatic heterocycles. The lowest BCUT2D eigenvalue weighted by atomic mass is 9.90. The summed E-state index contributed by atoms with van der Waals surface area (Å²) in [5.74, 6) is -1.74. The molecule has 0 aliphatic carbocycles. The number of amides is 3. The maximum Gasteiger partial charge on any atom is 0.430 e. The molecule has 204 valence electrons. The second-order valence-electron chi connectivity index (χ2n) is 8.43. The molecule has 0 atom stereocenters. The molecule has 0 saturated carbocycles. The molecule has 0 bridgehead atoms. The number of carbonyl (C=O) groups is 3. The van der Waals surface area contributed by atoms with Crippen LogP contribution in [0.2, 0.25) is 0 Å². The van der Waals surface area contributed by atoms with Crippen LogP contribution in [0.1, 0.15) is 23.1 Å². The molecule has 0 unspecified atom stereocenters. The fourth-order valence-electron chi connectivity index (χ4n) is 3.83. The van der Waals surface area contributed by atoms with Crippen LogP contribution in [0.25, 0.3) is 0 Å². The molecule has 0 saturated heterocycles. The van der Waals surface area contributed by atoms with Crippen LogP contribution in [0.4, 0.5) is 26.3 Å². The van der Waals surface area contributed by atoms with Gasteiger partial charge in [0.25, 0.3) is 17.4 Å². The zero-order valence-corrected chi connectivity index (χ0v) is 21.9. The summed E-state index contributed by atoms with van der Waals surface area (Å²) in [6.45, 7) is -1.50. The quantitative estimate of drug-likeness (QED) is 0.215. The number of nitrogens with zero attached hydrogens (tertiary/aromatic N) is 2. The van der Waals surface area contributed by atoms with Crippen LogP contribution in [-0.2, 0) is 37.9 Å². The van der Waals surface area contributed by atoms with Crippen LogP contribution >= 0.6 is 22.6 Å². The highest BCUT2D eigenvalue weighted by Crippen LogP contribution is 2.54. The topological polar surface area (TPSA) is 66.9 Å². The largest absolute Gasteiger partial charge is 0.430 e. The van der Waals surface area contributed by atoms with E-state index in [1.807, 2.05) is 0 Å². The van der Waals surface area contributed by atoms with E-state index in [-0.39, 0.29) is 34.2 Å². The number of halogens is 7. The normalized spacial score (nSPS) is 14.4. The van der Waals surface area contributed by atoms with Gasteiger partial charge in [0.2, 0.25) is 5.91 Å². The number of hydrogen-bond donors (Lipinski definition) is 0. The van der Waals surface area contributed by atoms with Gasteiger partial charge in [0, 0.05) is 47.8 Å². The van der Waals surface area contributed by atoms with Gasteiger partial charge in [-0.2, -0.15) is 26.3 Å². The molecule has 0 N–H and O–H groups in total. The van der Waals surface area contributed by atoms with Gasteiger partial charge in [0.15, 0.2) is 0 Å². The van der Waals surface area contributed by atoms with Crippen LogP contribution in [0.15, 0.2) is 60.7 Å². The maximum absolute atomic E-state index is 14.3. The molecule has 0 aromatic heterocycles. The van der Waals surface area contributed by atoms with Crippen molar-refractivity contribution in [1.82, 2.24) is 9.80 Å². The van der Waals surface area contributed by atoms with E-state index >= 15 is 0 Å². The number of imide groups is 1. The Labute approximate surface area is 227 Å². The summed E-state index contributed by atoms with van der Waals surface area (Å²) in [4.78, 5) is 37.7. The van der Waals surface area contributed by atoms with Crippen molar-refractivity contribution in [3.63, 3.8) is 0 Å². The van der Waals surface area contributed by atoms with Crippen LogP contribution in [-0.4, -0.2) is 53.5 Å². The molecule has 1 heterocycles. The summed E-state index contributed by atoms with van der Waals surface area (Å²) in [6.07, 6.45) is -9.91. The van der Waals surface area contributed by atoms with Gasteiger partial charge in [-0.15, -0.1) is 0 Å². The van der Waals surface area contributed by atoms with Crippen molar-refractivity contribution in [2.24, 2.45) is 0 Å². The fraction of sp³-hybridized carbons (Fsp3) is 0.320. The predicted octanol–water partition coefficient (Wildman–Crippen LogP) is 5.10. The van der Waals surface area contributed by atoms with Crippen LogP contribution in [0, 0.1) is 3.57 Å². The SMILES string of the molecule is CN(Cc1ccc(I)c(C(OCc2ccccc2)(C(F)(F)F)C(F)(F)F)c1)C(=O)CCN1C(=O)C=CC1=O. The predicted molar refractivity (Wildman–Crippen MR) is 131 cm³/mol. The number of hydrogen-bond acceptors (Lipinski definition) is 4. The van der Waals surface area contributed by atoms with Crippen LogP contribution in [0.5, 0.6) is 0 Å². The molecular formula is C25H21F6IN2O4. The Morgan fingerprint density at radius 3 is 2.05 bits per heavy atom. The van der Waals surface area contributed by atoms with Gasteiger partial charge in [-0.3, -0.25) is 19.3 Å². The molecule has 1 aliphatic rings. The van der Waals surface area contributed by atoms with Crippen molar-refractivity contribution in [2.75, 3.05) is 13.6 Å². The Morgan fingerprint density at radius 1 is 0.921 bits per heavy atom. The van der Waals surface area contributed by atoms with Gasteiger partial charge in [-0.25, -0.2) is 0 Å². The average molecular weight is 654 g/mol. The minimum atomic E-state index is -5.87. The van der Waals surface area contributed by atoms with E-state index in [0.717, 1.165) is 34.1 Å². The van der Waals surface area contributed by atoms with Gasteiger partial charge in [0.05, 0.1) is 6.61 Å². The number of alkyl halides is 6. The van der Waals surface area contributed by atoms with E-state index in [1.54, 1.807) is 6.07 Å². The molecule has 3 rings (SSSR count). The first-order valence-corrected chi connectivity index (χ1v) is 12.1. The summed E-state index contributed by atoms with van der Waals surface area (Å²) in [6, 6.07) is 10.3. The lowest BCUT2D eigenvalue weighted by Gasteiger charge is -2.38. The summed E-state index contributed by atoms with van der Waals surface area (Å²) in [5.41, 5.74) is -5.67. The molecule has 2 aromatic rings. The van der Waals surface area contributed by atoms with Gasteiger partial charge < -0.3 is 9.64 Å². The molecule has 0 radical (unpaired) electrons. The Hall–Kier alpha value is -2.94. The Kier molecular flexibility index (Phi) is 8.91. The summed E-state index contributed by atoms with van der Waals surface area (Å²) < 4.78 is 90.2. The van der Waals surface area contributed by atoms with E-state index in [1.165, 1.54) is 60.0 Å². The zero-order valence-electron chi connectivity index (χ0n) is 19.8. The van der Waals surface area contributed by atoms with Gasteiger partial charge in [-0.05, 0) is 45.9 Å². The molecule has 6 nitrogen and oxygen atoms in total. The third-order valence-electron chi connectivity index (χ3n) is 5.80. The zero-order chi connectivity index (χ0) is 28.3. The van der Waals surface area contributed by atoms with E-state index < -0.39 is 47.8 Å². The fourth-order valence-corrected chi connectivity index (χ4v) is 4.54.